The van der Waals surface area contributed by atoms with Gasteiger partial charge in [0.1, 0.15) is 18.1 Å². The fraction of sp³-hybridized carbons (Fsp3) is 0.577. The molecule has 0 bridgehead atoms. The lowest BCUT2D eigenvalue weighted by molar-refractivity contribution is -0.143. The van der Waals surface area contributed by atoms with Crippen molar-refractivity contribution in [1.29, 1.82) is 0 Å². The van der Waals surface area contributed by atoms with Crippen molar-refractivity contribution in [1.82, 2.24) is 16.0 Å². The summed E-state index contributed by atoms with van der Waals surface area (Å²) in [7, 11) is 0. The highest BCUT2D eigenvalue weighted by Gasteiger charge is 2.33. The van der Waals surface area contributed by atoms with E-state index in [4.69, 9.17) is 11.5 Å². The van der Waals surface area contributed by atoms with Gasteiger partial charge >= 0.3 is 5.97 Å². The molecule has 37 heavy (non-hydrogen) atoms. The number of nitrogens with one attached hydrogen (secondary N) is 3. The van der Waals surface area contributed by atoms with Crippen LogP contribution in [0.2, 0.25) is 0 Å². The van der Waals surface area contributed by atoms with Crippen molar-refractivity contribution < 1.29 is 29.1 Å². The summed E-state index contributed by atoms with van der Waals surface area (Å²) in [5, 5.41) is 17.2. The van der Waals surface area contributed by atoms with Crippen molar-refractivity contribution >= 4 is 29.6 Å². The van der Waals surface area contributed by atoms with Gasteiger partial charge in [-0.05, 0) is 36.7 Å². The molecule has 0 aliphatic heterocycles. The van der Waals surface area contributed by atoms with Crippen LogP contribution >= 0.6 is 0 Å². The van der Waals surface area contributed by atoms with E-state index in [-0.39, 0.29) is 24.7 Å². The predicted molar refractivity (Wildman–Crippen MR) is 139 cm³/mol. The third-order valence-corrected chi connectivity index (χ3v) is 6.06. The first-order valence-corrected chi connectivity index (χ1v) is 12.6. The molecule has 0 aromatic heterocycles. The fourth-order valence-electron chi connectivity index (χ4n) is 3.70. The van der Waals surface area contributed by atoms with Crippen LogP contribution in [0.4, 0.5) is 0 Å². The summed E-state index contributed by atoms with van der Waals surface area (Å²) in [5.74, 6) is -4.07. The van der Waals surface area contributed by atoms with Gasteiger partial charge in [-0.25, -0.2) is 4.79 Å². The van der Waals surface area contributed by atoms with Gasteiger partial charge in [0.2, 0.25) is 23.6 Å². The number of benzene rings is 1. The molecule has 0 saturated carbocycles. The summed E-state index contributed by atoms with van der Waals surface area (Å²) in [6.45, 7) is 7.36. The Morgan fingerprint density at radius 2 is 1.49 bits per heavy atom. The Bertz CT molecular complexity index is 923. The topological polar surface area (TPSA) is 194 Å². The molecule has 0 heterocycles. The molecule has 4 amide bonds. The third kappa shape index (κ3) is 11.4. The highest BCUT2D eigenvalue weighted by atomic mass is 16.4. The van der Waals surface area contributed by atoms with Crippen molar-refractivity contribution in [2.24, 2.45) is 23.3 Å². The van der Waals surface area contributed by atoms with Crippen LogP contribution in [0.25, 0.3) is 0 Å². The van der Waals surface area contributed by atoms with Crippen molar-refractivity contribution in [3.63, 3.8) is 0 Å². The number of carboxylic acids is 1. The zero-order valence-electron chi connectivity index (χ0n) is 22.0. The van der Waals surface area contributed by atoms with Gasteiger partial charge in [-0.3, -0.25) is 19.2 Å². The molecule has 0 radical (unpaired) electrons. The maximum Gasteiger partial charge on any atom is 0.326 e. The van der Waals surface area contributed by atoms with E-state index in [1.54, 1.807) is 6.92 Å². The number of carboxylic acid groups (broad SMARTS) is 1. The van der Waals surface area contributed by atoms with Crippen molar-refractivity contribution in [2.45, 2.75) is 84.0 Å². The standard InChI is InChI=1S/C26H41N5O6/c1-5-16(4)22(25(35)29-19(26(36)37)11-12-21(28)32)31-24(34)20(13-15(2)3)30-23(33)18(27)14-17-9-7-6-8-10-17/h6-10,15-16,18-20,22H,5,11-14,27H2,1-4H3,(H2,28,32)(H,29,35)(H,30,33)(H,31,34)(H,36,37). The summed E-state index contributed by atoms with van der Waals surface area (Å²) in [5.41, 5.74) is 12.1. The van der Waals surface area contributed by atoms with E-state index in [0.29, 0.717) is 19.3 Å². The minimum atomic E-state index is -1.34. The molecule has 206 valence electrons. The average molecular weight is 520 g/mol. The van der Waals surface area contributed by atoms with Crippen LogP contribution in [0.1, 0.15) is 58.9 Å². The summed E-state index contributed by atoms with van der Waals surface area (Å²) in [6.07, 6.45) is 0.718. The lowest BCUT2D eigenvalue weighted by Crippen LogP contribution is -2.59. The van der Waals surface area contributed by atoms with Gasteiger partial charge in [-0.15, -0.1) is 0 Å². The van der Waals surface area contributed by atoms with E-state index in [0.717, 1.165) is 5.56 Å². The summed E-state index contributed by atoms with van der Waals surface area (Å²) < 4.78 is 0. The van der Waals surface area contributed by atoms with Gasteiger partial charge < -0.3 is 32.5 Å². The van der Waals surface area contributed by atoms with E-state index in [1.807, 2.05) is 51.1 Å². The number of hydrogen-bond acceptors (Lipinski definition) is 6. The summed E-state index contributed by atoms with van der Waals surface area (Å²) >= 11 is 0. The predicted octanol–water partition coefficient (Wildman–Crippen LogP) is 0.453. The quantitative estimate of drug-likeness (QED) is 0.182. The Balaban J connectivity index is 2.98. The van der Waals surface area contributed by atoms with Gasteiger partial charge in [0.15, 0.2) is 0 Å². The first-order chi connectivity index (χ1) is 17.3. The number of primary amides is 1. The molecule has 5 atom stereocenters. The van der Waals surface area contributed by atoms with Crippen molar-refractivity contribution in [3.8, 4) is 0 Å². The molecular formula is C26H41N5O6. The lowest BCUT2D eigenvalue weighted by atomic mass is 9.96. The van der Waals surface area contributed by atoms with Crippen LogP contribution in [0.3, 0.4) is 0 Å². The summed E-state index contributed by atoms with van der Waals surface area (Å²) in [6, 6.07) is 5.04. The molecule has 1 rings (SSSR count). The molecule has 8 N–H and O–H groups in total. The van der Waals surface area contributed by atoms with Crippen LogP contribution in [-0.4, -0.2) is 58.9 Å². The molecule has 0 saturated heterocycles. The van der Waals surface area contributed by atoms with Gasteiger partial charge in [0, 0.05) is 6.42 Å². The van der Waals surface area contributed by atoms with Crippen LogP contribution in [0.5, 0.6) is 0 Å². The van der Waals surface area contributed by atoms with E-state index in [1.165, 1.54) is 0 Å². The second-order valence-electron chi connectivity index (χ2n) is 9.76. The number of hydrogen-bond donors (Lipinski definition) is 6. The SMILES string of the molecule is CCC(C)C(NC(=O)C(CC(C)C)NC(=O)C(N)Cc1ccccc1)C(=O)NC(CCC(N)=O)C(=O)O. The Morgan fingerprint density at radius 1 is 0.892 bits per heavy atom. The van der Waals surface area contributed by atoms with Gasteiger partial charge in [0.05, 0.1) is 6.04 Å². The first-order valence-electron chi connectivity index (χ1n) is 12.6. The lowest BCUT2D eigenvalue weighted by Gasteiger charge is -2.28. The number of carbonyl (C=O) groups excluding carboxylic acids is 4. The monoisotopic (exact) mass is 519 g/mol. The molecule has 5 unspecified atom stereocenters. The number of aliphatic carboxylic acids is 1. The van der Waals surface area contributed by atoms with Crippen LogP contribution in [0.15, 0.2) is 30.3 Å². The van der Waals surface area contributed by atoms with Crippen LogP contribution in [-0.2, 0) is 30.4 Å². The molecule has 1 aromatic rings. The minimum absolute atomic E-state index is 0.0439. The molecule has 0 aliphatic carbocycles. The van der Waals surface area contributed by atoms with E-state index < -0.39 is 53.8 Å². The van der Waals surface area contributed by atoms with E-state index in [9.17, 15) is 29.1 Å². The van der Waals surface area contributed by atoms with Gasteiger partial charge in [-0.1, -0.05) is 64.4 Å². The average Bonchev–Trinajstić information content (AvgIpc) is 2.83. The number of amides is 4. The van der Waals surface area contributed by atoms with Crippen molar-refractivity contribution in [2.75, 3.05) is 0 Å². The molecule has 0 aliphatic rings. The van der Waals surface area contributed by atoms with E-state index in [2.05, 4.69) is 16.0 Å². The first kappa shape index (κ1) is 31.6. The van der Waals surface area contributed by atoms with Gasteiger partial charge in [0.25, 0.3) is 0 Å². The maximum absolute atomic E-state index is 13.2. The Kier molecular flexibility index (Phi) is 13.3. The third-order valence-electron chi connectivity index (χ3n) is 6.06. The Labute approximate surface area is 218 Å². The molecule has 11 heteroatoms. The van der Waals surface area contributed by atoms with Crippen LogP contribution < -0.4 is 27.4 Å². The molecule has 0 spiro atoms. The molecule has 1 aromatic carbocycles. The number of nitrogens with two attached hydrogens (primary N) is 2. The second-order valence-corrected chi connectivity index (χ2v) is 9.76. The maximum atomic E-state index is 13.2. The Morgan fingerprint density at radius 3 is 2.00 bits per heavy atom. The molecule has 11 nitrogen and oxygen atoms in total. The van der Waals surface area contributed by atoms with Crippen molar-refractivity contribution in [3.05, 3.63) is 35.9 Å². The molecular weight excluding hydrogens is 478 g/mol. The van der Waals surface area contributed by atoms with Crippen LogP contribution in [0, 0.1) is 11.8 Å². The number of rotatable bonds is 16. The zero-order valence-corrected chi connectivity index (χ0v) is 22.0. The molecule has 0 fully saturated rings. The highest BCUT2D eigenvalue weighted by molar-refractivity contribution is 5.94. The normalized spacial score (nSPS) is 15.1. The fourth-order valence-corrected chi connectivity index (χ4v) is 3.70. The van der Waals surface area contributed by atoms with Gasteiger partial charge in [-0.2, -0.15) is 0 Å². The largest absolute Gasteiger partial charge is 0.480 e. The van der Waals surface area contributed by atoms with E-state index >= 15 is 0 Å². The highest BCUT2D eigenvalue weighted by Crippen LogP contribution is 2.12. The smallest absolute Gasteiger partial charge is 0.326 e. The zero-order chi connectivity index (χ0) is 28.1. The second kappa shape index (κ2) is 15.6. The number of carbonyl (C=O) groups is 5. The summed E-state index contributed by atoms with van der Waals surface area (Å²) in [4.78, 5) is 61.7. The Hall–Kier alpha value is -3.47. The minimum Gasteiger partial charge on any atom is -0.480 e.